The van der Waals surface area contributed by atoms with Crippen LogP contribution in [0.5, 0.6) is 0 Å². The molecule has 0 aliphatic carbocycles. The molecule has 2 heterocycles. The number of halogens is 1. The molecule has 1 fully saturated rings. The number of nitrogens with two attached hydrogens (primary N) is 1. The van der Waals surface area contributed by atoms with Crippen molar-refractivity contribution in [3.05, 3.63) is 16.8 Å². The summed E-state index contributed by atoms with van der Waals surface area (Å²) in [6, 6.07) is 1.83. The van der Waals surface area contributed by atoms with Crippen molar-refractivity contribution < 1.29 is 0 Å². The second-order valence-corrected chi connectivity index (χ2v) is 4.16. The highest BCUT2D eigenvalue weighted by molar-refractivity contribution is 6.32. The zero-order valence-corrected chi connectivity index (χ0v) is 8.83. The molecule has 0 radical (unpaired) electrons. The quantitative estimate of drug-likeness (QED) is 0.759. The van der Waals surface area contributed by atoms with E-state index in [0.717, 1.165) is 25.2 Å². The topological polar surface area (TPSA) is 55.0 Å². The van der Waals surface area contributed by atoms with Gasteiger partial charge in [0.15, 0.2) is 5.82 Å². The van der Waals surface area contributed by atoms with Crippen LogP contribution in [0, 0.1) is 0 Å². The van der Waals surface area contributed by atoms with Crippen molar-refractivity contribution in [3.63, 3.8) is 0 Å². The summed E-state index contributed by atoms with van der Waals surface area (Å²) in [4.78, 5) is 2.27. The molecule has 1 aromatic rings. The first-order valence-electron chi connectivity index (χ1n) is 4.64. The SMILES string of the molecule is CN1CCC(c2cc(Cl)c(N)nn2)C1. The van der Waals surface area contributed by atoms with Gasteiger partial charge in [0.25, 0.3) is 0 Å². The molecule has 0 saturated carbocycles. The third kappa shape index (κ3) is 1.81. The Labute approximate surface area is 88.1 Å². The Hall–Kier alpha value is -0.870. The minimum absolute atomic E-state index is 0.307. The van der Waals surface area contributed by atoms with Crippen LogP contribution in [0.15, 0.2) is 6.07 Å². The zero-order valence-electron chi connectivity index (χ0n) is 8.07. The van der Waals surface area contributed by atoms with E-state index in [-0.39, 0.29) is 0 Å². The van der Waals surface area contributed by atoms with Gasteiger partial charge in [-0.05, 0) is 26.1 Å². The summed E-state index contributed by atoms with van der Waals surface area (Å²) in [6.45, 7) is 2.13. The molecule has 2 N–H and O–H groups in total. The number of rotatable bonds is 1. The highest BCUT2D eigenvalue weighted by Gasteiger charge is 2.23. The molecule has 0 amide bonds. The fourth-order valence-corrected chi connectivity index (χ4v) is 1.92. The van der Waals surface area contributed by atoms with E-state index < -0.39 is 0 Å². The zero-order chi connectivity index (χ0) is 10.1. The third-order valence-electron chi connectivity index (χ3n) is 2.60. The molecule has 1 aliphatic rings. The van der Waals surface area contributed by atoms with Gasteiger partial charge in [-0.3, -0.25) is 0 Å². The number of hydrogen-bond acceptors (Lipinski definition) is 4. The number of anilines is 1. The maximum atomic E-state index is 5.89. The second kappa shape index (κ2) is 3.71. The van der Waals surface area contributed by atoms with Crippen LogP contribution in [0.25, 0.3) is 0 Å². The smallest absolute Gasteiger partial charge is 0.164 e. The molecular weight excluding hydrogens is 200 g/mol. The van der Waals surface area contributed by atoms with E-state index in [1.807, 2.05) is 6.07 Å². The van der Waals surface area contributed by atoms with Crippen LogP contribution in [0.2, 0.25) is 5.02 Å². The largest absolute Gasteiger partial charge is 0.381 e. The highest BCUT2D eigenvalue weighted by Crippen LogP contribution is 2.27. The van der Waals surface area contributed by atoms with Crippen molar-refractivity contribution in [1.82, 2.24) is 15.1 Å². The summed E-state index contributed by atoms with van der Waals surface area (Å²) in [6.07, 6.45) is 1.12. The molecular formula is C9H13ClN4. The van der Waals surface area contributed by atoms with Gasteiger partial charge in [-0.25, -0.2) is 0 Å². The van der Waals surface area contributed by atoms with Crippen molar-refractivity contribution in [2.75, 3.05) is 25.9 Å². The van der Waals surface area contributed by atoms with E-state index in [1.54, 1.807) is 0 Å². The minimum atomic E-state index is 0.307. The van der Waals surface area contributed by atoms with Gasteiger partial charge in [0.2, 0.25) is 0 Å². The fourth-order valence-electron chi connectivity index (χ4n) is 1.77. The summed E-state index contributed by atoms with van der Waals surface area (Å²) in [7, 11) is 2.10. The van der Waals surface area contributed by atoms with Gasteiger partial charge < -0.3 is 10.6 Å². The average Bonchev–Trinajstić information content (AvgIpc) is 2.57. The summed E-state index contributed by atoms with van der Waals surface area (Å²) in [5.74, 6) is 0.757. The maximum absolute atomic E-state index is 5.89. The molecule has 5 heteroatoms. The summed E-state index contributed by atoms with van der Waals surface area (Å²) in [5.41, 5.74) is 6.45. The number of nitrogens with zero attached hydrogens (tertiary/aromatic N) is 3. The van der Waals surface area contributed by atoms with E-state index in [4.69, 9.17) is 17.3 Å². The molecule has 4 nitrogen and oxygen atoms in total. The Morgan fingerprint density at radius 2 is 2.36 bits per heavy atom. The number of hydrogen-bond donors (Lipinski definition) is 1. The molecule has 14 heavy (non-hydrogen) atoms. The van der Waals surface area contributed by atoms with Crippen LogP contribution in [-0.4, -0.2) is 35.2 Å². The predicted octanol–water partition coefficient (Wildman–Crippen LogP) is 1.13. The van der Waals surface area contributed by atoms with E-state index >= 15 is 0 Å². The van der Waals surface area contributed by atoms with E-state index in [2.05, 4.69) is 22.1 Å². The van der Waals surface area contributed by atoms with Crippen LogP contribution in [0.3, 0.4) is 0 Å². The van der Waals surface area contributed by atoms with Crippen LogP contribution in [0.1, 0.15) is 18.0 Å². The molecule has 1 saturated heterocycles. The first-order chi connectivity index (χ1) is 6.66. The van der Waals surface area contributed by atoms with Crippen molar-refractivity contribution in [1.29, 1.82) is 0 Å². The van der Waals surface area contributed by atoms with Gasteiger partial charge in [-0.1, -0.05) is 11.6 Å². The lowest BCUT2D eigenvalue weighted by molar-refractivity contribution is 0.410. The first kappa shape index (κ1) is 9.68. The molecule has 1 unspecified atom stereocenters. The second-order valence-electron chi connectivity index (χ2n) is 3.75. The van der Waals surface area contributed by atoms with E-state index in [1.165, 1.54) is 0 Å². The minimum Gasteiger partial charge on any atom is -0.381 e. The van der Waals surface area contributed by atoms with Crippen LogP contribution < -0.4 is 5.73 Å². The summed E-state index contributed by atoms with van der Waals surface area (Å²) < 4.78 is 0. The van der Waals surface area contributed by atoms with E-state index in [9.17, 15) is 0 Å². The lowest BCUT2D eigenvalue weighted by Gasteiger charge is -2.09. The molecule has 0 spiro atoms. The molecule has 1 aliphatic heterocycles. The van der Waals surface area contributed by atoms with Crippen LogP contribution in [-0.2, 0) is 0 Å². The summed E-state index contributed by atoms with van der Waals surface area (Å²) >= 11 is 5.89. The van der Waals surface area contributed by atoms with Gasteiger partial charge in [0.05, 0.1) is 10.7 Å². The van der Waals surface area contributed by atoms with Crippen LogP contribution >= 0.6 is 11.6 Å². The van der Waals surface area contributed by atoms with Crippen LogP contribution in [0.4, 0.5) is 5.82 Å². The molecule has 2 rings (SSSR count). The maximum Gasteiger partial charge on any atom is 0.164 e. The Morgan fingerprint density at radius 1 is 1.57 bits per heavy atom. The Bertz CT molecular complexity index is 342. The number of likely N-dealkylation sites (tertiary alicyclic amines) is 1. The van der Waals surface area contributed by atoms with Crippen molar-refractivity contribution in [2.24, 2.45) is 0 Å². The Morgan fingerprint density at radius 3 is 2.93 bits per heavy atom. The van der Waals surface area contributed by atoms with Gasteiger partial charge in [0.1, 0.15) is 0 Å². The normalized spacial score (nSPS) is 22.9. The lowest BCUT2D eigenvalue weighted by Crippen LogP contribution is -2.14. The van der Waals surface area contributed by atoms with Gasteiger partial charge >= 0.3 is 0 Å². The lowest BCUT2D eigenvalue weighted by atomic mass is 10.1. The monoisotopic (exact) mass is 212 g/mol. The van der Waals surface area contributed by atoms with E-state index in [0.29, 0.717) is 16.8 Å². The van der Waals surface area contributed by atoms with Crippen molar-refractivity contribution >= 4 is 17.4 Å². The predicted molar refractivity (Wildman–Crippen MR) is 56.3 cm³/mol. The van der Waals surface area contributed by atoms with Crippen molar-refractivity contribution in [3.8, 4) is 0 Å². The highest BCUT2D eigenvalue weighted by atomic mass is 35.5. The van der Waals surface area contributed by atoms with Crippen molar-refractivity contribution in [2.45, 2.75) is 12.3 Å². The average molecular weight is 213 g/mol. The van der Waals surface area contributed by atoms with Gasteiger partial charge in [0, 0.05) is 12.5 Å². The molecule has 0 bridgehead atoms. The molecule has 0 aromatic carbocycles. The van der Waals surface area contributed by atoms with Gasteiger partial charge in [-0.15, -0.1) is 5.10 Å². The molecule has 1 atom stereocenters. The standard InChI is InChI=1S/C9H13ClN4/c1-14-3-2-6(5-14)8-4-7(10)9(11)13-12-8/h4,6H,2-3,5H2,1H3,(H2,11,13). The Balaban J connectivity index is 2.20. The molecule has 1 aromatic heterocycles. The third-order valence-corrected chi connectivity index (χ3v) is 2.90. The number of aromatic nitrogens is 2. The number of nitrogen functional groups attached to an aromatic ring is 1. The molecule has 76 valence electrons. The summed E-state index contributed by atoms with van der Waals surface area (Å²) in [5, 5.41) is 8.40. The first-order valence-corrected chi connectivity index (χ1v) is 5.02. The number of likely N-dealkylation sites (N-methyl/N-ethyl adjacent to an activating group) is 1. The van der Waals surface area contributed by atoms with Gasteiger partial charge in [-0.2, -0.15) is 5.10 Å². The Kier molecular flexibility index (Phi) is 2.56. The fraction of sp³-hybridized carbons (Fsp3) is 0.556.